The van der Waals surface area contributed by atoms with Crippen LogP contribution in [-0.4, -0.2) is 44.8 Å². The summed E-state index contributed by atoms with van der Waals surface area (Å²) in [5.74, 6) is 0.227. The highest BCUT2D eigenvalue weighted by molar-refractivity contribution is 7.15. The highest BCUT2D eigenvalue weighted by Gasteiger charge is 2.25. The van der Waals surface area contributed by atoms with E-state index in [0.29, 0.717) is 30.4 Å². The molecule has 9 heteroatoms. The number of carbonyl (C=O) groups is 2. The summed E-state index contributed by atoms with van der Waals surface area (Å²) in [6, 6.07) is 13.8. The van der Waals surface area contributed by atoms with Gasteiger partial charge in [-0.2, -0.15) is 0 Å². The maximum Gasteiger partial charge on any atom is 0.277 e. The van der Waals surface area contributed by atoms with Crippen LogP contribution in [0.15, 0.2) is 61.1 Å². The van der Waals surface area contributed by atoms with Crippen molar-refractivity contribution in [2.45, 2.75) is 13.0 Å². The lowest BCUT2D eigenvalue weighted by molar-refractivity contribution is -0.134. The van der Waals surface area contributed by atoms with E-state index in [0.717, 1.165) is 21.3 Å². The number of benzene rings is 2. The van der Waals surface area contributed by atoms with Gasteiger partial charge < -0.3 is 9.64 Å². The minimum Gasteiger partial charge on any atom is -0.484 e. The standard InChI is InChI=1S/C23H19N5O3S/c29-21(14-31-17-6-5-15-3-1-2-4-16(15)11-17)28-10-7-18-20(13-28)32-23(26-18)27-22(30)19-12-24-8-9-25-19/h1-6,8-9,11-12H,7,10,13-14H2,(H,26,27,30). The number of nitrogens with one attached hydrogen (secondary N) is 1. The van der Waals surface area contributed by atoms with Crippen molar-refractivity contribution in [3.05, 3.63) is 77.3 Å². The predicted molar refractivity (Wildman–Crippen MR) is 121 cm³/mol. The van der Waals surface area contributed by atoms with Crippen LogP contribution < -0.4 is 10.1 Å². The van der Waals surface area contributed by atoms with E-state index in [1.54, 1.807) is 4.90 Å². The summed E-state index contributed by atoms with van der Waals surface area (Å²) in [7, 11) is 0. The van der Waals surface area contributed by atoms with Gasteiger partial charge in [-0.15, -0.1) is 0 Å². The Hall–Kier alpha value is -3.85. The van der Waals surface area contributed by atoms with Crippen molar-refractivity contribution in [1.29, 1.82) is 0 Å². The van der Waals surface area contributed by atoms with Gasteiger partial charge in [0.1, 0.15) is 11.4 Å². The van der Waals surface area contributed by atoms with Crippen molar-refractivity contribution in [1.82, 2.24) is 19.9 Å². The Kier molecular flexibility index (Phi) is 5.47. The first-order chi connectivity index (χ1) is 15.7. The number of fused-ring (bicyclic) bond motifs is 2. The Morgan fingerprint density at radius 3 is 2.84 bits per heavy atom. The van der Waals surface area contributed by atoms with Crippen LogP contribution in [0.25, 0.3) is 10.8 Å². The van der Waals surface area contributed by atoms with Crippen LogP contribution in [0.1, 0.15) is 21.1 Å². The van der Waals surface area contributed by atoms with Gasteiger partial charge in [0, 0.05) is 30.2 Å². The summed E-state index contributed by atoms with van der Waals surface area (Å²) in [6.45, 7) is 0.991. The van der Waals surface area contributed by atoms with Gasteiger partial charge in [0.2, 0.25) is 0 Å². The van der Waals surface area contributed by atoms with Crippen LogP contribution in [0.5, 0.6) is 5.75 Å². The maximum atomic E-state index is 12.7. The predicted octanol–water partition coefficient (Wildman–Crippen LogP) is 3.30. The number of carbonyl (C=O) groups excluding carboxylic acids is 2. The van der Waals surface area contributed by atoms with Gasteiger partial charge in [-0.05, 0) is 22.9 Å². The molecule has 8 nitrogen and oxygen atoms in total. The summed E-state index contributed by atoms with van der Waals surface area (Å²) in [4.78, 5) is 40.1. The third-order valence-electron chi connectivity index (χ3n) is 5.18. The average Bonchev–Trinajstić information content (AvgIpc) is 3.24. The fourth-order valence-electron chi connectivity index (χ4n) is 3.53. The van der Waals surface area contributed by atoms with E-state index in [-0.39, 0.29) is 24.1 Å². The molecule has 0 unspecified atom stereocenters. The van der Waals surface area contributed by atoms with Gasteiger partial charge in [0.25, 0.3) is 11.8 Å². The molecule has 160 valence electrons. The van der Waals surface area contributed by atoms with Crippen molar-refractivity contribution >= 4 is 39.1 Å². The SMILES string of the molecule is O=C(Nc1nc2c(s1)CN(C(=O)COc1ccc3ccccc3c1)CC2)c1cnccn1. The third kappa shape index (κ3) is 4.28. The van der Waals surface area contributed by atoms with Crippen LogP contribution in [0.2, 0.25) is 0 Å². The van der Waals surface area contributed by atoms with Crippen LogP contribution in [-0.2, 0) is 17.8 Å². The zero-order chi connectivity index (χ0) is 21.9. The molecule has 4 aromatic rings. The van der Waals surface area contributed by atoms with E-state index < -0.39 is 0 Å². The second-order valence-corrected chi connectivity index (χ2v) is 8.38. The lowest BCUT2D eigenvalue weighted by atomic mass is 10.1. The second-order valence-electron chi connectivity index (χ2n) is 7.30. The van der Waals surface area contributed by atoms with Crippen molar-refractivity contribution in [3.63, 3.8) is 0 Å². The topological polar surface area (TPSA) is 97.3 Å². The molecule has 1 aliphatic rings. The molecule has 0 saturated carbocycles. The average molecular weight is 446 g/mol. The van der Waals surface area contributed by atoms with Gasteiger partial charge in [0.15, 0.2) is 11.7 Å². The van der Waals surface area contributed by atoms with E-state index in [1.807, 2.05) is 42.5 Å². The van der Waals surface area contributed by atoms with Crippen molar-refractivity contribution in [2.75, 3.05) is 18.5 Å². The largest absolute Gasteiger partial charge is 0.484 e. The van der Waals surface area contributed by atoms with Crippen LogP contribution in [0, 0.1) is 0 Å². The molecule has 0 fully saturated rings. The Bertz CT molecular complexity index is 1290. The van der Waals surface area contributed by atoms with Crippen molar-refractivity contribution in [2.24, 2.45) is 0 Å². The molecule has 2 amide bonds. The highest BCUT2D eigenvalue weighted by Crippen LogP contribution is 2.29. The Morgan fingerprint density at radius 2 is 2.00 bits per heavy atom. The zero-order valence-electron chi connectivity index (χ0n) is 17.0. The minimum absolute atomic E-state index is 0.0251. The lowest BCUT2D eigenvalue weighted by Gasteiger charge is -2.26. The number of aromatic nitrogens is 3. The number of thiazole rings is 1. The summed E-state index contributed by atoms with van der Waals surface area (Å²) < 4.78 is 5.75. The first-order valence-electron chi connectivity index (χ1n) is 10.1. The number of rotatable bonds is 5. The minimum atomic E-state index is -0.360. The zero-order valence-corrected chi connectivity index (χ0v) is 17.8. The van der Waals surface area contributed by atoms with E-state index in [2.05, 4.69) is 20.3 Å². The van der Waals surface area contributed by atoms with Crippen molar-refractivity contribution in [3.8, 4) is 5.75 Å². The summed E-state index contributed by atoms with van der Waals surface area (Å²) >= 11 is 1.37. The summed E-state index contributed by atoms with van der Waals surface area (Å²) in [6.07, 6.45) is 5.01. The van der Waals surface area contributed by atoms with E-state index >= 15 is 0 Å². The van der Waals surface area contributed by atoms with E-state index in [1.165, 1.54) is 29.9 Å². The van der Waals surface area contributed by atoms with Crippen LogP contribution in [0.4, 0.5) is 5.13 Å². The van der Waals surface area contributed by atoms with E-state index in [4.69, 9.17) is 4.74 Å². The molecule has 2 aromatic carbocycles. The Morgan fingerprint density at radius 1 is 1.12 bits per heavy atom. The normalized spacial score (nSPS) is 12.9. The molecule has 0 atom stereocenters. The number of hydrogen-bond acceptors (Lipinski definition) is 7. The quantitative estimate of drug-likeness (QED) is 0.506. The van der Waals surface area contributed by atoms with E-state index in [9.17, 15) is 9.59 Å². The smallest absolute Gasteiger partial charge is 0.277 e. The molecular weight excluding hydrogens is 426 g/mol. The highest BCUT2D eigenvalue weighted by atomic mass is 32.1. The number of anilines is 1. The first-order valence-corrected chi connectivity index (χ1v) is 10.9. The molecule has 0 radical (unpaired) electrons. The molecule has 1 N–H and O–H groups in total. The number of hydrogen-bond donors (Lipinski definition) is 1. The van der Waals surface area contributed by atoms with Crippen molar-refractivity contribution < 1.29 is 14.3 Å². The molecule has 0 aliphatic carbocycles. The van der Waals surface area contributed by atoms with Gasteiger partial charge in [-0.25, -0.2) is 9.97 Å². The van der Waals surface area contributed by atoms with Gasteiger partial charge in [-0.3, -0.25) is 19.9 Å². The summed E-state index contributed by atoms with van der Waals surface area (Å²) in [5, 5.41) is 5.45. The fraction of sp³-hybridized carbons (Fsp3) is 0.174. The second kappa shape index (κ2) is 8.72. The van der Waals surface area contributed by atoms with Crippen LogP contribution >= 0.6 is 11.3 Å². The number of amides is 2. The molecular formula is C23H19N5O3S. The maximum absolute atomic E-state index is 12.7. The Labute approximate surface area is 187 Å². The lowest BCUT2D eigenvalue weighted by Crippen LogP contribution is -2.38. The fourth-order valence-corrected chi connectivity index (χ4v) is 4.55. The summed E-state index contributed by atoms with van der Waals surface area (Å²) in [5.41, 5.74) is 1.13. The molecule has 3 heterocycles. The third-order valence-corrected chi connectivity index (χ3v) is 6.18. The molecule has 5 rings (SSSR count). The first kappa shape index (κ1) is 20.1. The molecule has 0 spiro atoms. The van der Waals surface area contributed by atoms with Gasteiger partial charge in [-0.1, -0.05) is 41.7 Å². The van der Waals surface area contributed by atoms with Gasteiger partial charge in [0.05, 0.1) is 18.4 Å². The monoisotopic (exact) mass is 445 g/mol. The Balaban J connectivity index is 1.20. The van der Waals surface area contributed by atoms with Gasteiger partial charge >= 0.3 is 0 Å². The number of nitrogens with zero attached hydrogens (tertiary/aromatic N) is 4. The number of ether oxygens (including phenoxy) is 1. The molecule has 32 heavy (non-hydrogen) atoms. The molecule has 2 aromatic heterocycles. The molecule has 1 aliphatic heterocycles. The molecule has 0 saturated heterocycles. The molecule has 0 bridgehead atoms. The van der Waals surface area contributed by atoms with Crippen LogP contribution in [0.3, 0.4) is 0 Å².